The lowest BCUT2D eigenvalue weighted by Gasteiger charge is -2.15. The third-order valence-corrected chi connectivity index (χ3v) is 4.68. The van der Waals surface area contributed by atoms with E-state index in [1.54, 1.807) is 37.1 Å². The van der Waals surface area contributed by atoms with Gasteiger partial charge < -0.3 is 24.7 Å². The van der Waals surface area contributed by atoms with Gasteiger partial charge in [-0.05, 0) is 36.2 Å². The van der Waals surface area contributed by atoms with Gasteiger partial charge in [0.15, 0.2) is 17.5 Å². The number of nitrogens with one attached hydrogen (secondary N) is 2. The van der Waals surface area contributed by atoms with E-state index in [1.807, 2.05) is 55.5 Å². The smallest absolute Gasteiger partial charge is 0.250 e. The monoisotopic (exact) mass is 548 g/mol. The van der Waals surface area contributed by atoms with Crippen molar-refractivity contribution >= 4 is 35.6 Å². The lowest BCUT2D eigenvalue weighted by molar-refractivity contribution is 0.311. The maximum atomic E-state index is 11.9. The van der Waals surface area contributed by atoms with Crippen molar-refractivity contribution < 1.29 is 9.47 Å². The molecule has 0 aliphatic heterocycles. The number of halogens is 1. The molecule has 32 heavy (non-hydrogen) atoms. The Kier molecular flexibility index (Phi) is 10.1. The Labute approximate surface area is 205 Å². The van der Waals surface area contributed by atoms with Crippen molar-refractivity contribution in [3.63, 3.8) is 0 Å². The lowest BCUT2D eigenvalue weighted by atomic mass is 10.1. The van der Waals surface area contributed by atoms with Gasteiger partial charge in [-0.15, -0.1) is 24.0 Å². The van der Waals surface area contributed by atoms with Crippen molar-refractivity contribution in [3.05, 3.63) is 88.3 Å². The first-order valence-corrected chi connectivity index (χ1v) is 10.1. The molecular weight excluding hydrogens is 519 g/mol. The third kappa shape index (κ3) is 7.01. The van der Waals surface area contributed by atoms with Gasteiger partial charge in [0.25, 0.3) is 5.56 Å². The van der Waals surface area contributed by atoms with E-state index in [9.17, 15) is 4.79 Å². The molecule has 0 fully saturated rings. The van der Waals surface area contributed by atoms with Crippen LogP contribution in [0.2, 0.25) is 0 Å². The molecule has 0 aliphatic carbocycles. The van der Waals surface area contributed by atoms with Gasteiger partial charge in [0.2, 0.25) is 0 Å². The summed E-state index contributed by atoms with van der Waals surface area (Å²) < 4.78 is 12.6. The maximum absolute atomic E-state index is 11.9. The Bertz CT molecular complexity index is 1080. The van der Waals surface area contributed by atoms with Crippen molar-refractivity contribution in [2.45, 2.75) is 20.0 Å². The van der Waals surface area contributed by atoms with Gasteiger partial charge in [-0.3, -0.25) is 9.79 Å². The predicted octanol–water partition coefficient (Wildman–Crippen LogP) is 4.11. The molecule has 0 radical (unpaired) electrons. The van der Waals surface area contributed by atoms with Crippen molar-refractivity contribution in [1.29, 1.82) is 0 Å². The maximum Gasteiger partial charge on any atom is 0.250 e. The summed E-state index contributed by atoms with van der Waals surface area (Å²) in [4.78, 5) is 16.1. The number of guanidine groups is 1. The first kappa shape index (κ1) is 25.3. The van der Waals surface area contributed by atoms with Crippen molar-refractivity contribution in [3.8, 4) is 11.5 Å². The zero-order valence-electron chi connectivity index (χ0n) is 18.5. The molecule has 0 saturated carbocycles. The Morgan fingerprint density at radius 1 is 1.03 bits per heavy atom. The second-order valence-corrected chi connectivity index (χ2v) is 6.83. The number of hydrogen-bond donors (Lipinski definition) is 2. The average molecular weight is 548 g/mol. The van der Waals surface area contributed by atoms with E-state index in [0.717, 1.165) is 16.8 Å². The van der Waals surface area contributed by atoms with Gasteiger partial charge in [-0.1, -0.05) is 30.3 Å². The van der Waals surface area contributed by atoms with E-state index in [2.05, 4.69) is 15.6 Å². The normalized spacial score (nSPS) is 10.8. The van der Waals surface area contributed by atoms with Crippen LogP contribution in [0.25, 0.3) is 0 Å². The Hall–Kier alpha value is -3.01. The molecule has 1 aromatic heterocycles. The molecule has 7 nitrogen and oxygen atoms in total. The van der Waals surface area contributed by atoms with Crippen molar-refractivity contribution in [2.24, 2.45) is 4.99 Å². The van der Waals surface area contributed by atoms with Crippen molar-refractivity contribution in [2.75, 3.05) is 26.1 Å². The minimum Gasteiger partial charge on any atom is -0.493 e. The number of nitrogens with zero attached hydrogens (tertiary/aromatic N) is 2. The Balaban J connectivity index is 0.00000363. The molecular formula is C24H29IN4O3. The highest BCUT2D eigenvalue weighted by Crippen LogP contribution is 2.30. The molecule has 0 aliphatic rings. The summed E-state index contributed by atoms with van der Waals surface area (Å²) in [5.74, 6) is 2.01. The molecule has 8 heteroatoms. The Morgan fingerprint density at radius 3 is 2.44 bits per heavy atom. The second-order valence-electron chi connectivity index (χ2n) is 6.83. The molecule has 170 valence electrons. The van der Waals surface area contributed by atoms with E-state index >= 15 is 0 Å². The zero-order chi connectivity index (χ0) is 22.1. The first-order valence-electron chi connectivity index (χ1n) is 10.1. The second kappa shape index (κ2) is 12.7. The van der Waals surface area contributed by atoms with Gasteiger partial charge in [-0.25, -0.2) is 0 Å². The molecule has 0 bridgehead atoms. The van der Waals surface area contributed by atoms with Gasteiger partial charge in [0.1, 0.15) is 0 Å². The van der Waals surface area contributed by atoms with Crippen LogP contribution in [0, 0.1) is 0 Å². The number of ether oxygens (including phenoxy) is 2. The number of methoxy groups -OCH3 is 1. The van der Waals surface area contributed by atoms with Gasteiger partial charge in [-0.2, -0.15) is 0 Å². The minimum absolute atomic E-state index is 0. The summed E-state index contributed by atoms with van der Waals surface area (Å²) in [6, 6.07) is 19.0. The van der Waals surface area contributed by atoms with Crippen molar-refractivity contribution in [1.82, 2.24) is 9.88 Å². The quantitative estimate of drug-likeness (QED) is 0.252. The number of aliphatic imine (C=N–C) groups is 1. The fourth-order valence-electron chi connectivity index (χ4n) is 3.07. The SMILES string of the molecule is CCOc1ccc(NC(=NC)NCc2ccc(Cn3ccccc3=O)cc2)cc1OC.I. The highest BCUT2D eigenvalue weighted by Gasteiger charge is 2.07. The zero-order valence-corrected chi connectivity index (χ0v) is 20.8. The van der Waals surface area contributed by atoms with Gasteiger partial charge in [0, 0.05) is 37.6 Å². The van der Waals surface area contributed by atoms with E-state index < -0.39 is 0 Å². The molecule has 0 spiro atoms. The highest BCUT2D eigenvalue weighted by atomic mass is 127. The number of hydrogen-bond acceptors (Lipinski definition) is 4. The minimum atomic E-state index is -0.00552. The van der Waals surface area contributed by atoms with Gasteiger partial charge >= 0.3 is 0 Å². The number of benzene rings is 2. The van der Waals surface area contributed by atoms with E-state index in [1.165, 1.54) is 0 Å². The first-order chi connectivity index (χ1) is 15.1. The number of pyridine rings is 1. The summed E-state index contributed by atoms with van der Waals surface area (Å²) in [7, 11) is 3.34. The summed E-state index contributed by atoms with van der Waals surface area (Å²) >= 11 is 0. The van der Waals surface area contributed by atoms with Crippen LogP contribution in [-0.2, 0) is 13.1 Å². The largest absolute Gasteiger partial charge is 0.493 e. The summed E-state index contributed by atoms with van der Waals surface area (Å²) in [5, 5.41) is 6.56. The molecule has 0 atom stereocenters. The summed E-state index contributed by atoms with van der Waals surface area (Å²) in [6.07, 6.45) is 1.80. The topological polar surface area (TPSA) is 76.9 Å². The van der Waals surface area contributed by atoms with E-state index in [4.69, 9.17) is 9.47 Å². The van der Waals surface area contributed by atoms with E-state index in [0.29, 0.717) is 37.2 Å². The molecule has 2 aromatic carbocycles. The Morgan fingerprint density at radius 2 is 1.78 bits per heavy atom. The average Bonchev–Trinajstić information content (AvgIpc) is 2.80. The van der Waals surface area contributed by atoms with Crippen LogP contribution in [0.1, 0.15) is 18.1 Å². The van der Waals surface area contributed by atoms with E-state index in [-0.39, 0.29) is 29.5 Å². The highest BCUT2D eigenvalue weighted by molar-refractivity contribution is 14.0. The molecule has 0 saturated heterocycles. The van der Waals surface area contributed by atoms with Crippen LogP contribution in [0.15, 0.2) is 76.6 Å². The lowest BCUT2D eigenvalue weighted by Crippen LogP contribution is -2.30. The number of rotatable bonds is 8. The number of anilines is 1. The fraction of sp³-hybridized carbons (Fsp3) is 0.250. The molecule has 0 unspecified atom stereocenters. The van der Waals surface area contributed by atoms with Crippen LogP contribution in [0.4, 0.5) is 5.69 Å². The summed E-state index contributed by atoms with van der Waals surface area (Å²) in [5.41, 5.74) is 3.02. The number of aromatic nitrogens is 1. The molecule has 2 N–H and O–H groups in total. The van der Waals surface area contributed by atoms with Crippen LogP contribution in [0.3, 0.4) is 0 Å². The molecule has 1 heterocycles. The predicted molar refractivity (Wildman–Crippen MR) is 140 cm³/mol. The standard InChI is InChI=1S/C24H28N4O3.HI/c1-4-31-21-13-12-20(15-22(21)30-3)27-24(25-2)26-16-18-8-10-19(11-9-18)17-28-14-6-5-7-23(28)29;/h5-15H,4,16-17H2,1-3H3,(H2,25,26,27);1H. The molecule has 3 rings (SSSR count). The molecule has 3 aromatic rings. The van der Waals surface area contributed by atoms with Gasteiger partial charge in [0.05, 0.1) is 20.3 Å². The summed E-state index contributed by atoms with van der Waals surface area (Å²) in [6.45, 7) is 3.67. The van der Waals surface area contributed by atoms with Crippen LogP contribution < -0.4 is 25.7 Å². The van der Waals surface area contributed by atoms with Crippen LogP contribution in [-0.4, -0.2) is 31.3 Å². The fourth-order valence-corrected chi connectivity index (χ4v) is 3.07. The van der Waals surface area contributed by atoms with Crippen LogP contribution in [0.5, 0.6) is 11.5 Å². The molecule has 0 amide bonds. The third-order valence-electron chi connectivity index (χ3n) is 4.68. The van der Waals surface area contributed by atoms with Crippen LogP contribution >= 0.6 is 24.0 Å².